The minimum atomic E-state index is -0.214. The number of carbonyl (C=O) groups excluding carboxylic acids is 1. The van der Waals surface area contributed by atoms with Crippen molar-refractivity contribution < 1.29 is 9.53 Å². The Hall–Kier alpha value is -1.57. The molecule has 1 aromatic rings. The van der Waals surface area contributed by atoms with Crippen LogP contribution < -0.4 is 0 Å². The van der Waals surface area contributed by atoms with E-state index in [9.17, 15) is 4.79 Å². The normalized spacial score (nSPS) is 33.5. The Morgan fingerprint density at radius 2 is 1.95 bits per heavy atom. The summed E-state index contributed by atoms with van der Waals surface area (Å²) in [5.74, 6) is 0.479. The number of rotatable bonds is 3. The van der Waals surface area contributed by atoms with E-state index < -0.39 is 0 Å². The van der Waals surface area contributed by atoms with Crippen molar-refractivity contribution in [1.82, 2.24) is 0 Å². The van der Waals surface area contributed by atoms with E-state index in [0.717, 1.165) is 12.0 Å². The number of benzene rings is 1. The van der Waals surface area contributed by atoms with Gasteiger partial charge >= 0.3 is 5.97 Å². The monoisotopic (exact) mass is 284 g/mol. The van der Waals surface area contributed by atoms with Gasteiger partial charge in [0.15, 0.2) is 0 Å². The summed E-state index contributed by atoms with van der Waals surface area (Å²) in [6, 6.07) is 9.85. The average Bonchev–Trinajstić information content (AvgIpc) is 2.79. The Morgan fingerprint density at radius 1 is 1.24 bits per heavy atom. The Kier molecular flexibility index (Phi) is 3.43. The fourth-order valence-electron chi connectivity index (χ4n) is 4.22. The van der Waals surface area contributed by atoms with Crippen molar-refractivity contribution >= 4 is 12.0 Å². The van der Waals surface area contributed by atoms with Gasteiger partial charge in [-0.1, -0.05) is 51.1 Å². The zero-order chi connectivity index (χ0) is 15.1. The molecule has 0 radical (unpaired) electrons. The van der Waals surface area contributed by atoms with Crippen LogP contribution >= 0.6 is 0 Å². The molecule has 1 aromatic carbocycles. The molecule has 2 aliphatic rings. The van der Waals surface area contributed by atoms with E-state index in [0.29, 0.717) is 5.92 Å². The van der Waals surface area contributed by atoms with Gasteiger partial charge in [0.25, 0.3) is 0 Å². The van der Waals surface area contributed by atoms with Crippen LogP contribution in [0.5, 0.6) is 0 Å². The third-order valence-corrected chi connectivity index (χ3v) is 6.18. The molecule has 0 aliphatic heterocycles. The van der Waals surface area contributed by atoms with Crippen LogP contribution in [-0.4, -0.2) is 12.1 Å². The summed E-state index contributed by atoms with van der Waals surface area (Å²) in [5.41, 5.74) is 1.43. The first-order valence-corrected chi connectivity index (χ1v) is 7.87. The fraction of sp³-hybridized carbons (Fsp3) is 0.526. The SMILES string of the molecule is CC1(C)[C@@H]2CC[C@]1(C)[C@H](OC(=O)/C=C\c1ccccc1)C2. The summed E-state index contributed by atoms with van der Waals surface area (Å²) < 4.78 is 5.78. The van der Waals surface area contributed by atoms with Gasteiger partial charge in [0, 0.05) is 11.5 Å². The summed E-state index contributed by atoms with van der Waals surface area (Å²) in [4.78, 5) is 12.1. The van der Waals surface area contributed by atoms with Crippen molar-refractivity contribution in [2.75, 3.05) is 0 Å². The van der Waals surface area contributed by atoms with Gasteiger partial charge in [-0.05, 0) is 42.2 Å². The van der Waals surface area contributed by atoms with Crippen LogP contribution in [0.3, 0.4) is 0 Å². The highest BCUT2D eigenvalue weighted by atomic mass is 16.5. The number of hydrogen-bond donors (Lipinski definition) is 0. The summed E-state index contributed by atoms with van der Waals surface area (Å²) in [7, 11) is 0. The Bertz CT molecular complexity index is 558. The second-order valence-electron chi connectivity index (χ2n) is 7.28. The van der Waals surface area contributed by atoms with Gasteiger partial charge in [0.2, 0.25) is 0 Å². The molecule has 0 spiro atoms. The predicted octanol–water partition coefficient (Wildman–Crippen LogP) is 4.46. The minimum Gasteiger partial charge on any atom is -0.459 e. The van der Waals surface area contributed by atoms with Gasteiger partial charge < -0.3 is 4.74 Å². The summed E-state index contributed by atoms with van der Waals surface area (Å²) in [6.45, 7) is 6.95. The minimum absolute atomic E-state index is 0.0687. The van der Waals surface area contributed by atoms with Crippen molar-refractivity contribution in [3.63, 3.8) is 0 Å². The molecule has 0 aromatic heterocycles. The molecule has 2 aliphatic carbocycles. The zero-order valence-electron chi connectivity index (χ0n) is 13.1. The van der Waals surface area contributed by atoms with Gasteiger partial charge in [0.05, 0.1) is 0 Å². The smallest absolute Gasteiger partial charge is 0.331 e. The van der Waals surface area contributed by atoms with E-state index in [4.69, 9.17) is 4.74 Å². The number of esters is 1. The van der Waals surface area contributed by atoms with Crippen LogP contribution in [0.2, 0.25) is 0 Å². The second kappa shape index (κ2) is 5.01. The van der Waals surface area contributed by atoms with Gasteiger partial charge in [-0.25, -0.2) is 4.79 Å². The molecule has 3 atom stereocenters. The molecular weight excluding hydrogens is 260 g/mol. The molecule has 0 unspecified atom stereocenters. The molecule has 2 fully saturated rings. The molecular formula is C19H24O2. The maximum atomic E-state index is 12.1. The van der Waals surface area contributed by atoms with Crippen LogP contribution in [0.25, 0.3) is 6.08 Å². The first-order chi connectivity index (χ1) is 9.93. The van der Waals surface area contributed by atoms with Crippen LogP contribution in [-0.2, 0) is 9.53 Å². The van der Waals surface area contributed by atoms with Crippen LogP contribution in [0.1, 0.15) is 45.6 Å². The summed E-state index contributed by atoms with van der Waals surface area (Å²) >= 11 is 0. The van der Waals surface area contributed by atoms with Crippen LogP contribution in [0.15, 0.2) is 36.4 Å². The topological polar surface area (TPSA) is 26.3 Å². The summed E-state index contributed by atoms with van der Waals surface area (Å²) in [5, 5.41) is 0. The average molecular weight is 284 g/mol. The number of carbonyl (C=O) groups is 1. The van der Waals surface area contributed by atoms with Crippen molar-refractivity contribution in [1.29, 1.82) is 0 Å². The second-order valence-corrected chi connectivity index (χ2v) is 7.28. The van der Waals surface area contributed by atoms with E-state index in [-0.39, 0.29) is 22.9 Å². The van der Waals surface area contributed by atoms with Crippen LogP contribution in [0, 0.1) is 16.7 Å². The molecule has 2 bridgehead atoms. The fourth-order valence-corrected chi connectivity index (χ4v) is 4.22. The van der Waals surface area contributed by atoms with Gasteiger partial charge in [-0.3, -0.25) is 0 Å². The largest absolute Gasteiger partial charge is 0.459 e. The lowest BCUT2D eigenvalue weighted by Gasteiger charge is -2.38. The Balaban J connectivity index is 1.66. The molecule has 0 saturated heterocycles. The third-order valence-electron chi connectivity index (χ3n) is 6.18. The van der Waals surface area contributed by atoms with E-state index in [1.54, 1.807) is 6.08 Å². The Morgan fingerprint density at radius 3 is 2.52 bits per heavy atom. The molecule has 2 nitrogen and oxygen atoms in total. The first kappa shape index (κ1) is 14.4. The summed E-state index contributed by atoms with van der Waals surface area (Å²) in [6.07, 6.45) is 6.91. The highest BCUT2D eigenvalue weighted by Crippen LogP contribution is 2.66. The molecule has 21 heavy (non-hydrogen) atoms. The molecule has 3 rings (SSSR count). The van der Waals surface area contributed by atoms with E-state index >= 15 is 0 Å². The Labute approximate surface area is 127 Å². The maximum absolute atomic E-state index is 12.1. The standard InChI is InChI=1S/C19H24O2/c1-18(2)15-11-12-19(18,3)16(13-15)21-17(20)10-9-14-7-5-4-6-8-14/h4-10,15-16H,11-13H2,1-3H3/b10-9-/t15-,16-,19-/m1/s1. The molecule has 112 valence electrons. The van der Waals surface area contributed by atoms with E-state index in [1.165, 1.54) is 12.8 Å². The van der Waals surface area contributed by atoms with Gasteiger partial charge in [0.1, 0.15) is 6.10 Å². The van der Waals surface area contributed by atoms with E-state index in [1.807, 2.05) is 36.4 Å². The molecule has 2 heteroatoms. The van der Waals surface area contributed by atoms with Crippen molar-refractivity contribution in [3.05, 3.63) is 42.0 Å². The molecule has 0 amide bonds. The lowest BCUT2D eigenvalue weighted by molar-refractivity contribution is -0.150. The molecule has 2 saturated carbocycles. The van der Waals surface area contributed by atoms with E-state index in [2.05, 4.69) is 20.8 Å². The van der Waals surface area contributed by atoms with Gasteiger partial charge in [-0.2, -0.15) is 0 Å². The van der Waals surface area contributed by atoms with Crippen LogP contribution in [0.4, 0.5) is 0 Å². The van der Waals surface area contributed by atoms with Crippen molar-refractivity contribution in [3.8, 4) is 0 Å². The number of fused-ring (bicyclic) bond motifs is 2. The zero-order valence-corrected chi connectivity index (χ0v) is 13.1. The highest BCUT2D eigenvalue weighted by Gasteiger charge is 2.62. The highest BCUT2D eigenvalue weighted by molar-refractivity contribution is 5.87. The van der Waals surface area contributed by atoms with Crippen molar-refractivity contribution in [2.45, 2.75) is 46.1 Å². The first-order valence-electron chi connectivity index (χ1n) is 7.87. The lowest BCUT2D eigenvalue weighted by atomic mass is 9.70. The number of hydrogen-bond acceptors (Lipinski definition) is 2. The molecule has 0 N–H and O–H groups in total. The maximum Gasteiger partial charge on any atom is 0.331 e. The number of ether oxygens (including phenoxy) is 1. The lowest BCUT2D eigenvalue weighted by Crippen LogP contribution is -2.38. The third kappa shape index (κ3) is 2.31. The quantitative estimate of drug-likeness (QED) is 0.605. The predicted molar refractivity (Wildman–Crippen MR) is 84.6 cm³/mol. The van der Waals surface area contributed by atoms with Crippen molar-refractivity contribution in [2.24, 2.45) is 16.7 Å². The molecule has 0 heterocycles. The van der Waals surface area contributed by atoms with Gasteiger partial charge in [-0.15, -0.1) is 0 Å².